The van der Waals surface area contributed by atoms with E-state index >= 15 is 0 Å². The van der Waals surface area contributed by atoms with Crippen LogP contribution in [0.1, 0.15) is 46.1 Å². The Hall–Kier alpha value is -3.25. The number of amides is 2. The van der Waals surface area contributed by atoms with Gasteiger partial charge in [0, 0.05) is 24.9 Å². The van der Waals surface area contributed by atoms with Crippen LogP contribution in [0.4, 0.5) is 0 Å². The van der Waals surface area contributed by atoms with Gasteiger partial charge in [-0.15, -0.1) is 0 Å². The molecular weight excluding hydrogens is 568 g/mol. The molecule has 10 nitrogen and oxygen atoms in total. The second-order valence-electron chi connectivity index (χ2n) is 11.9. The molecule has 0 spiro atoms. The number of aliphatic hydroxyl groups excluding tert-OH is 1. The quantitative estimate of drug-likeness (QED) is 0.249. The molecule has 11 heteroatoms. The van der Waals surface area contributed by atoms with Crippen molar-refractivity contribution in [2.24, 2.45) is 11.8 Å². The van der Waals surface area contributed by atoms with E-state index in [1.807, 2.05) is 58.0 Å². The highest BCUT2D eigenvalue weighted by Crippen LogP contribution is 2.25. The van der Waals surface area contributed by atoms with Gasteiger partial charge in [0.25, 0.3) is 5.91 Å². The fraction of sp³-hybridized carbons (Fsp3) is 0.500. The van der Waals surface area contributed by atoms with Crippen molar-refractivity contribution >= 4 is 32.8 Å². The van der Waals surface area contributed by atoms with Crippen molar-refractivity contribution in [3.63, 3.8) is 0 Å². The molecule has 0 aliphatic carbocycles. The number of carbonyl (C=O) groups excluding carboxylic acids is 2. The van der Waals surface area contributed by atoms with Crippen LogP contribution in [0.25, 0.3) is 11.0 Å². The van der Waals surface area contributed by atoms with E-state index in [0.717, 1.165) is 12.0 Å². The summed E-state index contributed by atoms with van der Waals surface area (Å²) in [5.74, 6) is -0.751. The average Bonchev–Trinajstić information content (AvgIpc) is 3.42. The number of benzene rings is 2. The molecular formula is C32H46N4O6S. The zero-order chi connectivity index (χ0) is 31.7. The van der Waals surface area contributed by atoms with Gasteiger partial charge < -0.3 is 14.4 Å². The van der Waals surface area contributed by atoms with E-state index in [-0.39, 0.29) is 55.1 Å². The number of carbonyl (C=O) groups is 2. The van der Waals surface area contributed by atoms with Gasteiger partial charge in [-0.1, -0.05) is 64.4 Å². The van der Waals surface area contributed by atoms with Gasteiger partial charge in [-0.3, -0.25) is 15.0 Å². The molecule has 0 aliphatic rings. The van der Waals surface area contributed by atoms with Crippen LogP contribution in [-0.4, -0.2) is 85.4 Å². The van der Waals surface area contributed by atoms with Crippen LogP contribution in [0.3, 0.4) is 0 Å². The first-order valence-corrected chi connectivity index (χ1v) is 16.2. The molecule has 0 bridgehead atoms. The van der Waals surface area contributed by atoms with Crippen molar-refractivity contribution < 1.29 is 27.5 Å². The number of nitrogens with one attached hydrogen (secondary N) is 1. The smallest absolute Gasteiger partial charge is 0.252 e. The Morgan fingerprint density at radius 2 is 1.70 bits per heavy atom. The summed E-state index contributed by atoms with van der Waals surface area (Å²) >= 11 is 0. The van der Waals surface area contributed by atoms with E-state index in [4.69, 9.17) is 4.42 Å². The Morgan fingerprint density at radius 1 is 1.00 bits per heavy atom. The van der Waals surface area contributed by atoms with E-state index < -0.39 is 28.1 Å². The molecule has 2 amide bonds. The van der Waals surface area contributed by atoms with E-state index in [0.29, 0.717) is 11.0 Å². The van der Waals surface area contributed by atoms with Gasteiger partial charge in [0.1, 0.15) is 5.58 Å². The van der Waals surface area contributed by atoms with E-state index in [9.17, 15) is 23.1 Å². The molecule has 0 fully saturated rings. The van der Waals surface area contributed by atoms with Gasteiger partial charge in [-0.2, -0.15) is 4.31 Å². The highest BCUT2D eigenvalue weighted by atomic mass is 32.2. The first-order chi connectivity index (χ1) is 20.3. The number of aliphatic hydroxyl groups is 1. The van der Waals surface area contributed by atoms with Crippen LogP contribution in [-0.2, 0) is 26.0 Å². The highest BCUT2D eigenvalue weighted by molar-refractivity contribution is 7.89. The van der Waals surface area contributed by atoms with Crippen molar-refractivity contribution in [1.29, 1.82) is 0 Å². The van der Waals surface area contributed by atoms with Crippen molar-refractivity contribution in [3.05, 3.63) is 66.4 Å². The third kappa shape index (κ3) is 9.62. The molecule has 0 aliphatic heterocycles. The fourth-order valence-corrected chi connectivity index (χ4v) is 6.50. The van der Waals surface area contributed by atoms with Crippen LogP contribution in [0.5, 0.6) is 0 Å². The lowest BCUT2D eigenvalue weighted by Gasteiger charge is -2.37. The standard InChI is InChI=1S/C32H46N4O6S/c1-7-24(4)17-32(39)36(33-31(38)22-34(5)6)28(18-25-11-9-8-10-12-25)29(37)21-35(20-23(2)3)43(40,41)27-13-14-30-26(19-27)15-16-42-30/h8-16,19,23-24,28-29,37H,7,17-18,20-22H2,1-6H3,(H,33,38)/t24-,28?,29+/m0/s1. The molecule has 1 aromatic heterocycles. The Morgan fingerprint density at radius 3 is 2.33 bits per heavy atom. The molecule has 2 aromatic carbocycles. The minimum absolute atomic E-state index is 0.0333. The Balaban J connectivity index is 2.02. The minimum atomic E-state index is -4.04. The number of likely N-dealkylation sites (N-methyl/N-ethyl adjacent to an activating group) is 1. The number of hydrazine groups is 1. The summed E-state index contributed by atoms with van der Waals surface area (Å²) in [6.45, 7) is 7.64. The van der Waals surface area contributed by atoms with E-state index in [2.05, 4.69) is 5.43 Å². The topological polar surface area (TPSA) is 123 Å². The van der Waals surface area contributed by atoms with Gasteiger partial charge in [0.2, 0.25) is 15.9 Å². The molecule has 3 rings (SSSR count). The van der Waals surface area contributed by atoms with Crippen LogP contribution in [0, 0.1) is 11.8 Å². The average molecular weight is 615 g/mol. The monoisotopic (exact) mass is 614 g/mol. The lowest BCUT2D eigenvalue weighted by atomic mass is 9.98. The number of nitrogens with zero attached hydrogens (tertiary/aromatic N) is 3. The molecule has 3 aromatic rings. The Labute approximate surface area is 255 Å². The number of fused-ring (bicyclic) bond motifs is 1. The number of hydrogen-bond acceptors (Lipinski definition) is 7. The summed E-state index contributed by atoms with van der Waals surface area (Å²) in [7, 11) is -0.547. The maximum Gasteiger partial charge on any atom is 0.252 e. The van der Waals surface area contributed by atoms with Crippen molar-refractivity contribution in [1.82, 2.24) is 19.6 Å². The third-order valence-electron chi connectivity index (χ3n) is 7.28. The van der Waals surface area contributed by atoms with Gasteiger partial charge in [0.05, 0.1) is 29.8 Å². The van der Waals surface area contributed by atoms with Gasteiger partial charge in [-0.25, -0.2) is 13.4 Å². The number of hydrogen-bond donors (Lipinski definition) is 2. The fourth-order valence-electron chi connectivity index (χ4n) is 4.85. The van der Waals surface area contributed by atoms with Crippen molar-refractivity contribution in [2.75, 3.05) is 33.7 Å². The van der Waals surface area contributed by atoms with Crippen LogP contribution < -0.4 is 5.43 Å². The molecule has 236 valence electrons. The molecule has 43 heavy (non-hydrogen) atoms. The van der Waals surface area contributed by atoms with Gasteiger partial charge in [-0.05, 0) is 62.2 Å². The molecule has 0 saturated carbocycles. The maximum atomic E-state index is 14.0. The van der Waals surface area contributed by atoms with Gasteiger partial charge in [0.15, 0.2) is 0 Å². The maximum absolute atomic E-state index is 14.0. The molecule has 0 radical (unpaired) electrons. The molecule has 1 unspecified atom stereocenters. The van der Waals surface area contributed by atoms with E-state index in [1.54, 1.807) is 37.2 Å². The first kappa shape index (κ1) is 34.2. The van der Waals surface area contributed by atoms with Gasteiger partial charge >= 0.3 is 0 Å². The summed E-state index contributed by atoms with van der Waals surface area (Å²) in [6, 6.07) is 14.8. The predicted molar refractivity (Wildman–Crippen MR) is 167 cm³/mol. The molecule has 2 N–H and O–H groups in total. The molecule has 0 saturated heterocycles. The number of sulfonamides is 1. The Kier molecular flexibility index (Phi) is 12.3. The van der Waals surface area contributed by atoms with Crippen molar-refractivity contribution in [3.8, 4) is 0 Å². The Bertz CT molecular complexity index is 1440. The lowest BCUT2D eigenvalue weighted by molar-refractivity contribution is -0.148. The van der Waals surface area contributed by atoms with Crippen LogP contribution in [0.15, 0.2) is 70.2 Å². The minimum Gasteiger partial charge on any atom is -0.464 e. The second kappa shape index (κ2) is 15.5. The number of rotatable bonds is 15. The normalized spacial score (nSPS) is 14.3. The third-order valence-corrected chi connectivity index (χ3v) is 9.11. The van der Waals surface area contributed by atoms with Crippen LogP contribution in [0.2, 0.25) is 0 Å². The largest absolute Gasteiger partial charge is 0.464 e. The molecule has 1 heterocycles. The summed E-state index contributed by atoms with van der Waals surface area (Å²) in [5, 5.41) is 13.7. The predicted octanol–water partition coefficient (Wildman–Crippen LogP) is 3.91. The second-order valence-corrected chi connectivity index (χ2v) is 13.9. The summed E-state index contributed by atoms with van der Waals surface area (Å²) in [4.78, 5) is 28.4. The number of furan rings is 1. The lowest BCUT2D eigenvalue weighted by Crippen LogP contribution is -2.60. The summed E-state index contributed by atoms with van der Waals surface area (Å²) in [6.07, 6.45) is 1.30. The highest BCUT2D eigenvalue weighted by Gasteiger charge is 2.36. The van der Waals surface area contributed by atoms with Crippen molar-refractivity contribution in [2.45, 2.75) is 64.0 Å². The van der Waals surface area contributed by atoms with E-state index in [1.165, 1.54) is 21.6 Å². The first-order valence-electron chi connectivity index (χ1n) is 14.8. The van der Waals surface area contributed by atoms with Crippen LogP contribution >= 0.6 is 0 Å². The zero-order valence-electron chi connectivity index (χ0n) is 26.1. The summed E-state index contributed by atoms with van der Waals surface area (Å²) < 4.78 is 34.6. The SMILES string of the molecule is CC[C@H](C)CC(=O)N(NC(=O)CN(C)C)C(Cc1ccccc1)[C@H](O)CN(CC(C)C)S(=O)(=O)c1ccc2occc2c1. The molecule has 3 atom stereocenters. The zero-order valence-corrected chi connectivity index (χ0v) is 26.9. The summed E-state index contributed by atoms with van der Waals surface area (Å²) in [5.41, 5.74) is 4.15.